The number of H-pyrrole nitrogens is 1. The summed E-state index contributed by atoms with van der Waals surface area (Å²) in [6.45, 7) is 0.284. The molecule has 0 aliphatic carbocycles. The normalized spacial score (nSPS) is 10.6. The van der Waals surface area contributed by atoms with Crippen molar-refractivity contribution < 1.29 is 14.7 Å². The Labute approximate surface area is 132 Å². The van der Waals surface area contributed by atoms with Crippen molar-refractivity contribution in [2.75, 3.05) is 0 Å². The van der Waals surface area contributed by atoms with E-state index < -0.39 is 5.97 Å². The summed E-state index contributed by atoms with van der Waals surface area (Å²) < 4.78 is 0. The first-order chi connectivity index (χ1) is 11.1. The van der Waals surface area contributed by atoms with Gasteiger partial charge in [-0.25, -0.2) is 4.79 Å². The minimum absolute atomic E-state index is 0.153. The predicted octanol–water partition coefficient (Wildman–Crippen LogP) is 2.12. The third-order valence-electron chi connectivity index (χ3n) is 3.54. The van der Waals surface area contributed by atoms with Crippen molar-refractivity contribution >= 4 is 22.8 Å². The maximum atomic E-state index is 12.1. The molecule has 3 N–H and O–H groups in total. The molecule has 0 aliphatic rings. The summed E-state index contributed by atoms with van der Waals surface area (Å²) in [7, 11) is 0. The SMILES string of the molecule is O=C(Cc1[nH]nc2ccccc12)NCc1cccc(C(=O)O)c1. The summed E-state index contributed by atoms with van der Waals surface area (Å²) in [4.78, 5) is 23.0. The number of fused-ring (bicyclic) bond motifs is 1. The molecule has 0 unspecified atom stereocenters. The summed E-state index contributed by atoms with van der Waals surface area (Å²) in [6.07, 6.45) is 0.194. The van der Waals surface area contributed by atoms with E-state index in [4.69, 9.17) is 5.11 Å². The average molecular weight is 309 g/mol. The van der Waals surface area contributed by atoms with Gasteiger partial charge in [-0.05, 0) is 23.8 Å². The van der Waals surface area contributed by atoms with Crippen molar-refractivity contribution in [1.82, 2.24) is 15.5 Å². The number of aromatic carboxylic acids is 1. The highest BCUT2D eigenvalue weighted by Crippen LogP contribution is 2.15. The average Bonchev–Trinajstić information content (AvgIpc) is 2.96. The van der Waals surface area contributed by atoms with Crippen LogP contribution in [0, 0.1) is 0 Å². The molecule has 0 aliphatic heterocycles. The molecule has 2 aromatic carbocycles. The molecule has 0 atom stereocenters. The molecule has 3 aromatic rings. The molecule has 0 bridgehead atoms. The fourth-order valence-corrected chi connectivity index (χ4v) is 2.39. The fraction of sp³-hybridized carbons (Fsp3) is 0.118. The second-order valence-electron chi connectivity index (χ2n) is 5.18. The van der Waals surface area contributed by atoms with E-state index >= 15 is 0 Å². The second kappa shape index (κ2) is 6.31. The number of carboxylic acid groups (broad SMARTS) is 1. The molecular weight excluding hydrogens is 294 g/mol. The van der Waals surface area contributed by atoms with E-state index in [1.165, 1.54) is 6.07 Å². The number of hydrogen-bond donors (Lipinski definition) is 3. The largest absolute Gasteiger partial charge is 0.478 e. The van der Waals surface area contributed by atoms with Gasteiger partial charge in [0.25, 0.3) is 0 Å². The van der Waals surface area contributed by atoms with Crippen LogP contribution in [-0.4, -0.2) is 27.2 Å². The van der Waals surface area contributed by atoms with Crippen molar-refractivity contribution in [1.29, 1.82) is 0 Å². The number of carboxylic acids is 1. The number of nitrogens with zero attached hydrogens (tertiary/aromatic N) is 1. The number of benzene rings is 2. The van der Waals surface area contributed by atoms with Gasteiger partial charge in [-0.2, -0.15) is 5.10 Å². The van der Waals surface area contributed by atoms with Crippen LogP contribution in [0.3, 0.4) is 0 Å². The lowest BCUT2D eigenvalue weighted by Crippen LogP contribution is -2.24. The number of carbonyl (C=O) groups is 2. The van der Waals surface area contributed by atoms with Crippen molar-refractivity contribution in [3.05, 3.63) is 65.4 Å². The summed E-state index contributed by atoms with van der Waals surface area (Å²) in [5.74, 6) is -1.14. The van der Waals surface area contributed by atoms with E-state index in [1.807, 2.05) is 24.3 Å². The molecule has 1 heterocycles. The Morgan fingerprint density at radius 1 is 1.13 bits per heavy atom. The first kappa shape index (κ1) is 14.8. The number of rotatable bonds is 5. The maximum absolute atomic E-state index is 12.1. The zero-order valence-corrected chi connectivity index (χ0v) is 12.2. The van der Waals surface area contributed by atoms with E-state index in [0.29, 0.717) is 0 Å². The molecule has 0 radical (unpaired) electrons. The van der Waals surface area contributed by atoms with Crippen LogP contribution in [0.4, 0.5) is 0 Å². The Kier molecular flexibility index (Phi) is 4.05. The Hall–Kier alpha value is -3.15. The number of carbonyl (C=O) groups excluding carboxylic acids is 1. The highest BCUT2D eigenvalue weighted by atomic mass is 16.4. The lowest BCUT2D eigenvalue weighted by atomic mass is 10.1. The smallest absolute Gasteiger partial charge is 0.335 e. The Morgan fingerprint density at radius 2 is 1.96 bits per heavy atom. The first-order valence-corrected chi connectivity index (χ1v) is 7.14. The molecule has 23 heavy (non-hydrogen) atoms. The third kappa shape index (κ3) is 3.37. The van der Waals surface area contributed by atoms with E-state index in [9.17, 15) is 9.59 Å². The van der Waals surface area contributed by atoms with E-state index in [2.05, 4.69) is 15.5 Å². The molecular formula is C17H15N3O3. The molecule has 116 valence electrons. The van der Waals surface area contributed by atoms with Crippen molar-refractivity contribution in [3.8, 4) is 0 Å². The Morgan fingerprint density at radius 3 is 2.78 bits per heavy atom. The molecule has 0 spiro atoms. The summed E-state index contributed by atoms with van der Waals surface area (Å²) in [5.41, 5.74) is 2.53. The third-order valence-corrected chi connectivity index (χ3v) is 3.54. The van der Waals surface area contributed by atoms with Gasteiger partial charge in [0.2, 0.25) is 5.91 Å². The number of aromatic amines is 1. The molecule has 1 aromatic heterocycles. The zero-order chi connectivity index (χ0) is 16.2. The number of nitrogens with one attached hydrogen (secondary N) is 2. The van der Waals surface area contributed by atoms with E-state index in [0.717, 1.165) is 22.2 Å². The van der Waals surface area contributed by atoms with Gasteiger partial charge in [-0.1, -0.05) is 30.3 Å². The van der Waals surface area contributed by atoms with Crippen molar-refractivity contribution in [2.45, 2.75) is 13.0 Å². The van der Waals surface area contributed by atoms with Crippen LogP contribution in [0.25, 0.3) is 10.9 Å². The van der Waals surface area contributed by atoms with E-state index in [-0.39, 0.29) is 24.4 Å². The minimum atomic E-state index is -0.984. The molecule has 6 nitrogen and oxygen atoms in total. The topological polar surface area (TPSA) is 95.1 Å². The molecule has 3 rings (SSSR count). The van der Waals surface area contributed by atoms with E-state index in [1.54, 1.807) is 18.2 Å². The zero-order valence-electron chi connectivity index (χ0n) is 12.2. The molecule has 6 heteroatoms. The monoisotopic (exact) mass is 309 g/mol. The summed E-state index contributed by atoms with van der Waals surface area (Å²) in [6, 6.07) is 14.1. The molecule has 0 fully saturated rings. The van der Waals surface area contributed by atoms with Crippen LogP contribution in [0.5, 0.6) is 0 Å². The van der Waals surface area contributed by atoms with Crippen LogP contribution < -0.4 is 5.32 Å². The van der Waals surface area contributed by atoms with Crippen molar-refractivity contribution in [2.24, 2.45) is 0 Å². The standard InChI is InChI=1S/C17H15N3O3/c21-16(9-15-13-6-1-2-7-14(13)19-20-15)18-10-11-4-3-5-12(8-11)17(22)23/h1-8H,9-10H2,(H,18,21)(H,19,20)(H,22,23). The number of para-hydroxylation sites is 1. The maximum Gasteiger partial charge on any atom is 0.335 e. The van der Waals surface area contributed by atoms with Crippen LogP contribution in [0.15, 0.2) is 48.5 Å². The van der Waals surface area contributed by atoms with Gasteiger partial charge in [0.1, 0.15) is 0 Å². The Bertz CT molecular complexity index is 870. The van der Waals surface area contributed by atoms with Gasteiger partial charge in [0.15, 0.2) is 0 Å². The number of hydrogen-bond acceptors (Lipinski definition) is 3. The lowest BCUT2D eigenvalue weighted by molar-refractivity contribution is -0.120. The second-order valence-corrected chi connectivity index (χ2v) is 5.18. The van der Waals surface area contributed by atoms with Crippen LogP contribution in [0.1, 0.15) is 21.6 Å². The minimum Gasteiger partial charge on any atom is -0.478 e. The van der Waals surface area contributed by atoms with Gasteiger partial charge in [-0.3, -0.25) is 9.89 Å². The van der Waals surface area contributed by atoms with Gasteiger partial charge in [0.05, 0.1) is 23.2 Å². The van der Waals surface area contributed by atoms with Crippen molar-refractivity contribution in [3.63, 3.8) is 0 Å². The van der Waals surface area contributed by atoms with Crippen LogP contribution in [-0.2, 0) is 17.8 Å². The predicted molar refractivity (Wildman–Crippen MR) is 85.0 cm³/mol. The molecule has 0 saturated heterocycles. The van der Waals surface area contributed by atoms with Crippen LogP contribution in [0.2, 0.25) is 0 Å². The number of amides is 1. The highest BCUT2D eigenvalue weighted by molar-refractivity contribution is 5.88. The molecule has 1 amide bonds. The highest BCUT2D eigenvalue weighted by Gasteiger charge is 2.10. The van der Waals surface area contributed by atoms with Gasteiger partial charge in [0, 0.05) is 11.9 Å². The summed E-state index contributed by atoms with van der Waals surface area (Å²) >= 11 is 0. The molecule has 0 saturated carbocycles. The quantitative estimate of drug-likeness (QED) is 0.673. The van der Waals surface area contributed by atoms with Gasteiger partial charge in [-0.15, -0.1) is 0 Å². The number of aromatic nitrogens is 2. The summed E-state index contributed by atoms with van der Waals surface area (Å²) in [5, 5.41) is 19.7. The van der Waals surface area contributed by atoms with Gasteiger partial charge >= 0.3 is 5.97 Å². The van der Waals surface area contributed by atoms with Gasteiger partial charge < -0.3 is 10.4 Å². The fourth-order valence-electron chi connectivity index (χ4n) is 2.39. The first-order valence-electron chi connectivity index (χ1n) is 7.14. The Balaban J connectivity index is 1.64. The van der Waals surface area contributed by atoms with Crippen LogP contribution >= 0.6 is 0 Å². The lowest BCUT2D eigenvalue weighted by Gasteiger charge is -2.05.